The Hall–Kier alpha value is -1.82. The Morgan fingerprint density at radius 2 is 1.94 bits per heavy atom. The number of tetrazole rings is 1. The first-order valence-corrected chi connectivity index (χ1v) is 5.99. The molecule has 18 heavy (non-hydrogen) atoms. The zero-order chi connectivity index (χ0) is 12.8. The first kappa shape index (κ1) is 12.6. The van der Waals surface area contributed by atoms with E-state index >= 15 is 0 Å². The van der Waals surface area contributed by atoms with Crippen LogP contribution in [0.1, 0.15) is 17.8 Å². The highest BCUT2D eigenvalue weighted by molar-refractivity contribution is 5.15. The number of nitrogens with two attached hydrogens (primary N) is 1. The molecule has 0 aliphatic rings. The van der Waals surface area contributed by atoms with Gasteiger partial charge >= 0.3 is 0 Å². The first-order chi connectivity index (χ1) is 8.79. The summed E-state index contributed by atoms with van der Waals surface area (Å²) in [6.07, 6.45) is 2.44. The first-order valence-electron chi connectivity index (χ1n) is 5.99. The number of aromatic nitrogens is 4. The molecule has 1 heterocycles. The third-order valence-electron chi connectivity index (χ3n) is 2.74. The molecule has 1 aromatic carbocycles. The van der Waals surface area contributed by atoms with Gasteiger partial charge in [0.15, 0.2) is 5.82 Å². The zero-order valence-electron chi connectivity index (χ0n) is 10.1. The Kier molecular flexibility index (Phi) is 4.35. The molecule has 2 aromatic rings. The van der Waals surface area contributed by atoms with Gasteiger partial charge in [-0.15, -0.1) is 5.10 Å². The van der Waals surface area contributed by atoms with E-state index in [1.54, 1.807) is 16.8 Å². The lowest BCUT2D eigenvalue weighted by Gasteiger charge is -2.04. The van der Waals surface area contributed by atoms with E-state index in [1.165, 1.54) is 12.1 Å². The summed E-state index contributed by atoms with van der Waals surface area (Å²) < 4.78 is 14.5. The molecule has 0 amide bonds. The molecular formula is C12H16FN5. The molecule has 0 radical (unpaired) electrons. The number of benzene rings is 1. The second-order valence-corrected chi connectivity index (χ2v) is 4.09. The van der Waals surface area contributed by atoms with Gasteiger partial charge in [0.1, 0.15) is 5.82 Å². The third kappa shape index (κ3) is 3.33. The van der Waals surface area contributed by atoms with Crippen LogP contribution in [0.4, 0.5) is 4.39 Å². The monoisotopic (exact) mass is 249 g/mol. The fraction of sp³-hybridized carbons (Fsp3) is 0.417. The van der Waals surface area contributed by atoms with Crippen molar-refractivity contribution in [2.75, 3.05) is 6.54 Å². The number of hydrogen-bond donors (Lipinski definition) is 1. The van der Waals surface area contributed by atoms with Crippen molar-refractivity contribution in [3.05, 3.63) is 41.5 Å². The number of rotatable bonds is 6. The van der Waals surface area contributed by atoms with Gasteiger partial charge in [-0.05, 0) is 47.5 Å². The van der Waals surface area contributed by atoms with Crippen LogP contribution in [0.15, 0.2) is 24.3 Å². The summed E-state index contributed by atoms with van der Waals surface area (Å²) in [5.74, 6) is 0.632. The molecule has 0 saturated heterocycles. The minimum Gasteiger partial charge on any atom is -0.330 e. The molecule has 96 valence electrons. The topological polar surface area (TPSA) is 69.6 Å². The molecular weight excluding hydrogens is 233 g/mol. The molecule has 5 nitrogen and oxygen atoms in total. The molecule has 0 unspecified atom stereocenters. The van der Waals surface area contributed by atoms with Gasteiger partial charge in [-0.1, -0.05) is 12.1 Å². The normalized spacial score (nSPS) is 10.8. The summed E-state index contributed by atoms with van der Waals surface area (Å²) in [5.41, 5.74) is 6.53. The molecule has 2 rings (SSSR count). The van der Waals surface area contributed by atoms with E-state index in [4.69, 9.17) is 5.73 Å². The summed E-state index contributed by atoms with van der Waals surface area (Å²) in [7, 11) is 0. The van der Waals surface area contributed by atoms with E-state index in [0.717, 1.165) is 30.7 Å². The van der Waals surface area contributed by atoms with Crippen LogP contribution in [0.25, 0.3) is 0 Å². The van der Waals surface area contributed by atoms with Crippen LogP contribution >= 0.6 is 0 Å². The molecule has 0 saturated carbocycles. The van der Waals surface area contributed by atoms with E-state index in [9.17, 15) is 4.39 Å². The predicted octanol–water partition coefficient (Wildman–Crippen LogP) is 0.946. The van der Waals surface area contributed by atoms with E-state index < -0.39 is 0 Å². The highest BCUT2D eigenvalue weighted by Gasteiger charge is 2.05. The number of hydrogen-bond acceptors (Lipinski definition) is 4. The van der Waals surface area contributed by atoms with Crippen LogP contribution < -0.4 is 5.73 Å². The predicted molar refractivity (Wildman–Crippen MR) is 65.3 cm³/mol. The lowest BCUT2D eigenvalue weighted by atomic mass is 10.1. The van der Waals surface area contributed by atoms with Crippen molar-refractivity contribution < 1.29 is 4.39 Å². The highest BCUT2D eigenvalue weighted by atomic mass is 19.1. The van der Waals surface area contributed by atoms with E-state index in [-0.39, 0.29) is 5.82 Å². The van der Waals surface area contributed by atoms with E-state index in [0.29, 0.717) is 13.1 Å². The Bertz CT molecular complexity index is 479. The molecule has 6 heteroatoms. The summed E-state index contributed by atoms with van der Waals surface area (Å²) >= 11 is 0. The van der Waals surface area contributed by atoms with Crippen LogP contribution in [0, 0.1) is 5.82 Å². The Morgan fingerprint density at radius 3 is 2.67 bits per heavy atom. The Labute approximate surface area is 105 Å². The van der Waals surface area contributed by atoms with Gasteiger partial charge in [-0.25, -0.2) is 9.07 Å². The quantitative estimate of drug-likeness (QED) is 0.827. The molecule has 1 aromatic heterocycles. The maximum Gasteiger partial charge on any atom is 0.151 e. The Balaban J connectivity index is 1.93. The van der Waals surface area contributed by atoms with Crippen LogP contribution in [0.2, 0.25) is 0 Å². The third-order valence-corrected chi connectivity index (χ3v) is 2.74. The van der Waals surface area contributed by atoms with Gasteiger partial charge in [0, 0.05) is 13.0 Å². The lowest BCUT2D eigenvalue weighted by Crippen LogP contribution is -2.10. The Morgan fingerprint density at radius 1 is 1.17 bits per heavy atom. The number of halogens is 1. The smallest absolute Gasteiger partial charge is 0.151 e. The second-order valence-electron chi connectivity index (χ2n) is 4.09. The van der Waals surface area contributed by atoms with Crippen LogP contribution in [0.5, 0.6) is 0 Å². The van der Waals surface area contributed by atoms with Crippen molar-refractivity contribution in [3.63, 3.8) is 0 Å². The van der Waals surface area contributed by atoms with Gasteiger partial charge in [0.05, 0.1) is 0 Å². The van der Waals surface area contributed by atoms with E-state index in [2.05, 4.69) is 15.5 Å². The maximum absolute atomic E-state index is 12.8. The molecule has 0 bridgehead atoms. The van der Waals surface area contributed by atoms with Gasteiger partial charge in [-0.2, -0.15) is 0 Å². The van der Waals surface area contributed by atoms with Crippen molar-refractivity contribution in [2.45, 2.75) is 25.8 Å². The van der Waals surface area contributed by atoms with Gasteiger partial charge in [-0.3, -0.25) is 0 Å². The lowest BCUT2D eigenvalue weighted by molar-refractivity contribution is 0.557. The highest BCUT2D eigenvalue weighted by Crippen LogP contribution is 2.05. The molecule has 0 atom stereocenters. The van der Waals surface area contributed by atoms with Crippen molar-refractivity contribution in [1.82, 2.24) is 20.2 Å². The standard InChI is InChI=1S/C12H16FN5/c13-11-5-3-10(4-6-11)7-9-18-12(2-1-8-14)15-16-17-18/h3-6H,1-2,7-9,14H2. The van der Waals surface area contributed by atoms with Gasteiger partial charge < -0.3 is 5.73 Å². The summed E-state index contributed by atoms with van der Waals surface area (Å²) in [4.78, 5) is 0. The van der Waals surface area contributed by atoms with Crippen LogP contribution in [-0.2, 0) is 19.4 Å². The number of nitrogens with zero attached hydrogens (tertiary/aromatic N) is 4. The molecule has 0 aliphatic carbocycles. The molecule has 0 fully saturated rings. The largest absolute Gasteiger partial charge is 0.330 e. The molecule has 2 N–H and O–H groups in total. The minimum atomic E-state index is -0.218. The van der Waals surface area contributed by atoms with Crippen molar-refractivity contribution in [1.29, 1.82) is 0 Å². The fourth-order valence-electron chi connectivity index (χ4n) is 1.72. The van der Waals surface area contributed by atoms with Gasteiger partial charge in [0.25, 0.3) is 0 Å². The SMILES string of the molecule is NCCCc1nnnn1CCc1ccc(F)cc1. The van der Waals surface area contributed by atoms with Crippen molar-refractivity contribution >= 4 is 0 Å². The summed E-state index contributed by atoms with van der Waals surface area (Å²) in [6, 6.07) is 6.48. The molecule has 0 aliphatic heterocycles. The van der Waals surface area contributed by atoms with Crippen LogP contribution in [-0.4, -0.2) is 26.8 Å². The second kappa shape index (κ2) is 6.20. The van der Waals surface area contributed by atoms with Crippen LogP contribution in [0.3, 0.4) is 0 Å². The minimum absolute atomic E-state index is 0.218. The van der Waals surface area contributed by atoms with E-state index in [1.807, 2.05) is 0 Å². The summed E-state index contributed by atoms with van der Waals surface area (Å²) in [6.45, 7) is 1.32. The average Bonchev–Trinajstić information content (AvgIpc) is 2.83. The fourth-order valence-corrected chi connectivity index (χ4v) is 1.72. The zero-order valence-corrected chi connectivity index (χ0v) is 10.1. The van der Waals surface area contributed by atoms with Crippen molar-refractivity contribution in [3.8, 4) is 0 Å². The maximum atomic E-state index is 12.8. The van der Waals surface area contributed by atoms with Gasteiger partial charge in [0.2, 0.25) is 0 Å². The number of aryl methyl sites for hydroxylation is 3. The molecule has 0 spiro atoms. The average molecular weight is 249 g/mol. The summed E-state index contributed by atoms with van der Waals surface area (Å²) in [5, 5.41) is 11.6. The van der Waals surface area contributed by atoms with Crippen molar-refractivity contribution in [2.24, 2.45) is 5.73 Å².